The average Bonchev–Trinajstić information content (AvgIpc) is 2.29. The lowest BCUT2D eigenvalue weighted by molar-refractivity contribution is 0.103. The monoisotopic (exact) mass is 328 g/mol. The van der Waals surface area contributed by atoms with Crippen molar-refractivity contribution >= 4 is 44.9 Å². The number of halogens is 3. The largest absolute Gasteiger partial charge is 0.289 e. The topological polar surface area (TPSA) is 17.1 Å². The van der Waals surface area contributed by atoms with E-state index in [1.54, 1.807) is 42.5 Å². The summed E-state index contributed by atoms with van der Waals surface area (Å²) in [5.74, 6) is -0.126. The molecule has 2 aromatic carbocycles. The molecule has 0 atom stereocenters. The van der Waals surface area contributed by atoms with Gasteiger partial charge in [0.25, 0.3) is 0 Å². The van der Waals surface area contributed by atoms with E-state index in [1.807, 2.05) is 0 Å². The zero-order chi connectivity index (χ0) is 12.4. The highest BCUT2D eigenvalue weighted by Gasteiger charge is 2.15. The third-order valence-corrected chi connectivity index (χ3v) is 3.52. The van der Waals surface area contributed by atoms with Gasteiger partial charge in [-0.25, -0.2) is 0 Å². The van der Waals surface area contributed by atoms with Crippen molar-refractivity contribution in [1.82, 2.24) is 0 Å². The van der Waals surface area contributed by atoms with Crippen molar-refractivity contribution in [3.05, 3.63) is 68.1 Å². The van der Waals surface area contributed by atoms with Crippen molar-refractivity contribution in [2.75, 3.05) is 0 Å². The summed E-state index contributed by atoms with van der Waals surface area (Å²) >= 11 is 15.1. The minimum absolute atomic E-state index is 0.126. The first kappa shape index (κ1) is 12.6. The van der Waals surface area contributed by atoms with Gasteiger partial charge in [0.2, 0.25) is 0 Å². The fourth-order valence-electron chi connectivity index (χ4n) is 1.46. The number of carbonyl (C=O) groups is 1. The zero-order valence-corrected chi connectivity index (χ0v) is 11.7. The lowest BCUT2D eigenvalue weighted by Gasteiger charge is -2.05. The average molecular weight is 330 g/mol. The predicted molar refractivity (Wildman–Crippen MR) is 74.0 cm³/mol. The van der Waals surface area contributed by atoms with E-state index in [1.165, 1.54) is 0 Å². The summed E-state index contributed by atoms with van der Waals surface area (Å²) in [6, 6.07) is 12.0. The maximum atomic E-state index is 12.2. The Kier molecular flexibility index (Phi) is 3.87. The van der Waals surface area contributed by atoms with Crippen molar-refractivity contribution in [1.29, 1.82) is 0 Å². The van der Waals surface area contributed by atoms with E-state index in [2.05, 4.69) is 15.9 Å². The predicted octanol–water partition coefficient (Wildman–Crippen LogP) is 4.99. The highest BCUT2D eigenvalue weighted by molar-refractivity contribution is 9.10. The van der Waals surface area contributed by atoms with Crippen molar-refractivity contribution in [2.24, 2.45) is 0 Å². The van der Waals surface area contributed by atoms with Crippen molar-refractivity contribution in [2.45, 2.75) is 0 Å². The van der Waals surface area contributed by atoms with Crippen LogP contribution < -0.4 is 0 Å². The third kappa shape index (κ3) is 2.71. The molecule has 2 rings (SSSR count). The molecule has 0 saturated carbocycles. The summed E-state index contributed by atoms with van der Waals surface area (Å²) in [5, 5.41) is 1.02. The van der Waals surface area contributed by atoms with Crippen LogP contribution in [0, 0.1) is 0 Å². The first-order chi connectivity index (χ1) is 8.09. The standard InChI is InChI=1S/C13H7BrCl2O/c14-11-7-8(15)5-6-9(11)13(17)10-3-1-2-4-12(10)16/h1-7H. The Morgan fingerprint density at radius 3 is 2.35 bits per heavy atom. The highest BCUT2D eigenvalue weighted by atomic mass is 79.9. The van der Waals surface area contributed by atoms with Crippen LogP contribution in [0.15, 0.2) is 46.9 Å². The van der Waals surface area contributed by atoms with Crippen LogP contribution >= 0.6 is 39.1 Å². The third-order valence-electron chi connectivity index (χ3n) is 2.29. The van der Waals surface area contributed by atoms with Crippen molar-refractivity contribution in [3.8, 4) is 0 Å². The first-order valence-electron chi connectivity index (χ1n) is 4.84. The summed E-state index contributed by atoms with van der Waals surface area (Å²) in [6.45, 7) is 0. The molecule has 0 heterocycles. The number of benzene rings is 2. The van der Waals surface area contributed by atoms with Gasteiger partial charge in [0, 0.05) is 20.6 Å². The van der Waals surface area contributed by atoms with Crippen molar-refractivity contribution in [3.63, 3.8) is 0 Å². The Morgan fingerprint density at radius 1 is 1.00 bits per heavy atom. The molecule has 0 radical (unpaired) electrons. The van der Waals surface area contributed by atoms with Crippen LogP contribution in [0.1, 0.15) is 15.9 Å². The molecule has 17 heavy (non-hydrogen) atoms. The molecule has 0 fully saturated rings. The highest BCUT2D eigenvalue weighted by Crippen LogP contribution is 2.26. The van der Waals surface area contributed by atoms with E-state index < -0.39 is 0 Å². The van der Waals surface area contributed by atoms with Gasteiger partial charge in [0.15, 0.2) is 5.78 Å². The molecule has 1 nitrogen and oxygen atoms in total. The maximum Gasteiger partial charge on any atom is 0.195 e. The first-order valence-corrected chi connectivity index (χ1v) is 6.39. The van der Waals surface area contributed by atoms with Gasteiger partial charge in [-0.05, 0) is 46.3 Å². The normalized spacial score (nSPS) is 10.3. The molecule has 0 amide bonds. The number of ketones is 1. The minimum atomic E-state index is -0.126. The summed E-state index contributed by atoms with van der Waals surface area (Å²) in [5.41, 5.74) is 1.03. The van der Waals surface area contributed by atoms with Crippen LogP contribution in [0.4, 0.5) is 0 Å². The summed E-state index contributed by atoms with van der Waals surface area (Å²) in [4.78, 5) is 12.2. The van der Waals surface area contributed by atoms with Crippen LogP contribution in [0.2, 0.25) is 10.0 Å². The van der Waals surface area contributed by atoms with Crippen LogP contribution in [-0.4, -0.2) is 5.78 Å². The molecule has 86 valence electrons. The second kappa shape index (κ2) is 5.21. The Morgan fingerprint density at radius 2 is 1.71 bits per heavy atom. The van der Waals surface area contributed by atoms with E-state index in [0.29, 0.717) is 25.6 Å². The Balaban J connectivity index is 2.48. The van der Waals surface area contributed by atoms with Gasteiger partial charge in [-0.3, -0.25) is 4.79 Å². The Bertz CT molecular complexity index is 581. The lowest BCUT2D eigenvalue weighted by atomic mass is 10.0. The molecule has 4 heteroatoms. The molecule has 0 spiro atoms. The van der Waals surface area contributed by atoms with Crippen LogP contribution in [0.3, 0.4) is 0 Å². The van der Waals surface area contributed by atoms with Gasteiger partial charge in [-0.2, -0.15) is 0 Å². The molecule has 0 N–H and O–H groups in total. The van der Waals surface area contributed by atoms with Crippen LogP contribution in [0.25, 0.3) is 0 Å². The van der Waals surface area contributed by atoms with Gasteiger partial charge in [0.1, 0.15) is 0 Å². The molecule has 0 aliphatic carbocycles. The molecule has 0 unspecified atom stereocenters. The second-order valence-corrected chi connectivity index (χ2v) is 5.13. The minimum Gasteiger partial charge on any atom is -0.289 e. The van der Waals surface area contributed by atoms with E-state index >= 15 is 0 Å². The fraction of sp³-hybridized carbons (Fsp3) is 0. The summed E-state index contributed by atoms with van der Waals surface area (Å²) in [7, 11) is 0. The molecule has 2 aromatic rings. The van der Waals surface area contributed by atoms with Gasteiger partial charge in [-0.15, -0.1) is 0 Å². The van der Waals surface area contributed by atoms with Gasteiger partial charge >= 0.3 is 0 Å². The van der Waals surface area contributed by atoms with E-state index in [-0.39, 0.29) is 5.78 Å². The van der Waals surface area contributed by atoms with Crippen molar-refractivity contribution < 1.29 is 4.79 Å². The van der Waals surface area contributed by atoms with Gasteiger partial charge in [0.05, 0.1) is 5.02 Å². The second-order valence-electron chi connectivity index (χ2n) is 3.43. The number of carbonyl (C=O) groups excluding carboxylic acids is 1. The summed E-state index contributed by atoms with van der Waals surface area (Å²) in [6.07, 6.45) is 0. The van der Waals surface area contributed by atoms with E-state index in [4.69, 9.17) is 23.2 Å². The Labute approximate surface area is 117 Å². The molecule has 0 bridgehead atoms. The Hall–Kier alpha value is -0.830. The smallest absolute Gasteiger partial charge is 0.195 e. The number of rotatable bonds is 2. The number of hydrogen-bond acceptors (Lipinski definition) is 1. The molecular weight excluding hydrogens is 323 g/mol. The fourth-order valence-corrected chi connectivity index (χ4v) is 2.55. The van der Waals surface area contributed by atoms with Crippen LogP contribution in [-0.2, 0) is 0 Å². The summed E-state index contributed by atoms with van der Waals surface area (Å²) < 4.78 is 0.662. The molecule has 0 aliphatic heterocycles. The van der Waals surface area contributed by atoms with Gasteiger partial charge in [-0.1, -0.05) is 35.3 Å². The molecule has 0 aromatic heterocycles. The quantitative estimate of drug-likeness (QED) is 0.709. The van der Waals surface area contributed by atoms with Gasteiger partial charge < -0.3 is 0 Å². The van der Waals surface area contributed by atoms with E-state index in [0.717, 1.165) is 0 Å². The molecule has 0 saturated heterocycles. The molecule has 0 aliphatic rings. The lowest BCUT2D eigenvalue weighted by Crippen LogP contribution is -2.02. The maximum absolute atomic E-state index is 12.2. The SMILES string of the molecule is O=C(c1ccccc1Cl)c1ccc(Cl)cc1Br. The number of hydrogen-bond donors (Lipinski definition) is 0. The molecular formula is C13H7BrCl2O. The van der Waals surface area contributed by atoms with E-state index in [9.17, 15) is 4.79 Å². The van der Waals surface area contributed by atoms with Crippen LogP contribution in [0.5, 0.6) is 0 Å². The zero-order valence-electron chi connectivity index (χ0n) is 8.58.